The van der Waals surface area contributed by atoms with Crippen LogP contribution < -0.4 is 5.32 Å². The van der Waals surface area contributed by atoms with Gasteiger partial charge in [0.2, 0.25) is 11.8 Å². The lowest BCUT2D eigenvalue weighted by Crippen LogP contribution is -2.48. The molecule has 0 aromatic heterocycles. The third-order valence-corrected chi connectivity index (χ3v) is 6.63. The number of nitrogens with one attached hydrogen (secondary N) is 1. The minimum absolute atomic E-state index is 0.0892. The number of carbonyl (C=O) groups excluding carboxylic acids is 2. The fourth-order valence-corrected chi connectivity index (χ4v) is 4.30. The van der Waals surface area contributed by atoms with Crippen LogP contribution in [0.2, 0.25) is 10.0 Å². The number of hydrogen-bond donors (Lipinski definition) is 1. The Morgan fingerprint density at radius 1 is 1.10 bits per heavy atom. The van der Waals surface area contributed by atoms with E-state index in [0.717, 1.165) is 21.4 Å². The van der Waals surface area contributed by atoms with Crippen LogP contribution >= 0.6 is 50.9 Å². The SMILES string of the molecule is CC[C@@H](C(=O)NC)N(Cc1ccc(Cl)c(Cl)c1)C(=O)CSCc1ccc(Br)cc1. The highest BCUT2D eigenvalue weighted by Crippen LogP contribution is 2.24. The first kappa shape index (κ1) is 24.1. The average molecular weight is 518 g/mol. The molecule has 0 aliphatic carbocycles. The number of hydrogen-bond acceptors (Lipinski definition) is 3. The fraction of sp³-hybridized carbons (Fsp3) is 0.333. The Morgan fingerprint density at radius 2 is 1.76 bits per heavy atom. The second-order valence-corrected chi connectivity index (χ2v) is 9.14. The number of benzene rings is 2. The van der Waals surface area contributed by atoms with Crippen LogP contribution in [0.25, 0.3) is 0 Å². The van der Waals surface area contributed by atoms with Gasteiger partial charge in [-0.25, -0.2) is 0 Å². The third-order valence-electron chi connectivity index (χ3n) is 4.38. The van der Waals surface area contributed by atoms with Crippen molar-refractivity contribution >= 4 is 62.7 Å². The molecule has 0 saturated carbocycles. The number of thioether (sulfide) groups is 1. The predicted molar refractivity (Wildman–Crippen MR) is 125 cm³/mol. The van der Waals surface area contributed by atoms with Crippen molar-refractivity contribution < 1.29 is 9.59 Å². The number of nitrogens with zero attached hydrogens (tertiary/aromatic N) is 1. The van der Waals surface area contributed by atoms with Crippen molar-refractivity contribution in [2.24, 2.45) is 0 Å². The smallest absolute Gasteiger partial charge is 0.242 e. The van der Waals surface area contributed by atoms with E-state index in [0.29, 0.717) is 23.0 Å². The first-order valence-electron chi connectivity index (χ1n) is 9.12. The van der Waals surface area contributed by atoms with Crippen LogP contribution in [-0.4, -0.2) is 35.6 Å². The second-order valence-electron chi connectivity index (χ2n) is 6.43. The lowest BCUT2D eigenvalue weighted by atomic mass is 10.1. The number of amides is 2. The van der Waals surface area contributed by atoms with Gasteiger partial charge in [-0.3, -0.25) is 9.59 Å². The summed E-state index contributed by atoms with van der Waals surface area (Å²) in [5, 5.41) is 3.53. The van der Waals surface area contributed by atoms with Gasteiger partial charge >= 0.3 is 0 Å². The highest BCUT2D eigenvalue weighted by atomic mass is 79.9. The molecule has 0 heterocycles. The Morgan fingerprint density at radius 3 is 2.34 bits per heavy atom. The van der Waals surface area contributed by atoms with Crippen molar-refractivity contribution in [2.75, 3.05) is 12.8 Å². The molecular weight excluding hydrogens is 495 g/mol. The monoisotopic (exact) mass is 516 g/mol. The normalized spacial score (nSPS) is 11.8. The molecule has 0 spiro atoms. The number of rotatable bonds is 9. The Balaban J connectivity index is 2.11. The molecule has 1 atom stereocenters. The van der Waals surface area contributed by atoms with Crippen LogP contribution in [0, 0.1) is 0 Å². The zero-order valence-corrected chi connectivity index (χ0v) is 20.2. The Labute approximate surface area is 194 Å². The van der Waals surface area contributed by atoms with Gasteiger partial charge < -0.3 is 10.2 Å². The lowest BCUT2D eigenvalue weighted by Gasteiger charge is -2.30. The molecule has 0 radical (unpaired) electrons. The zero-order chi connectivity index (χ0) is 21.4. The van der Waals surface area contributed by atoms with Crippen molar-refractivity contribution in [1.82, 2.24) is 10.2 Å². The number of halogens is 3. The van der Waals surface area contributed by atoms with E-state index in [-0.39, 0.29) is 17.6 Å². The van der Waals surface area contributed by atoms with Crippen LogP contribution in [0.1, 0.15) is 24.5 Å². The molecule has 2 rings (SSSR count). The van der Waals surface area contributed by atoms with Gasteiger partial charge in [-0.1, -0.05) is 64.3 Å². The standard InChI is InChI=1S/C21H23BrCl2N2O2S/c1-3-19(21(28)25-2)26(11-15-6-9-17(23)18(24)10-15)20(27)13-29-12-14-4-7-16(22)8-5-14/h4-10,19H,3,11-13H2,1-2H3,(H,25,28)/t19-/m0/s1. The molecule has 2 amide bonds. The van der Waals surface area contributed by atoms with E-state index in [1.54, 1.807) is 24.1 Å². The molecule has 0 fully saturated rings. The first-order valence-corrected chi connectivity index (χ1v) is 11.8. The van der Waals surface area contributed by atoms with Crippen LogP contribution in [-0.2, 0) is 21.9 Å². The maximum absolute atomic E-state index is 13.0. The summed E-state index contributed by atoms with van der Waals surface area (Å²) in [6, 6.07) is 12.7. The molecule has 4 nitrogen and oxygen atoms in total. The summed E-state index contributed by atoms with van der Waals surface area (Å²) in [5.74, 6) is 0.730. The zero-order valence-electron chi connectivity index (χ0n) is 16.3. The Kier molecular flexibility index (Phi) is 9.83. The molecule has 2 aromatic carbocycles. The van der Waals surface area contributed by atoms with Crippen molar-refractivity contribution in [3.63, 3.8) is 0 Å². The van der Waals surface area contributed by atoms with Gasteiger partial charge in [-0.05, 0) is 41.8 Å². The van der Waals surface area contributed by atoms with Gasteiger partial charge in [-0.2, -0.15) is 0 Å². The van der Waals surface area contributed by atoms with E-state index < -0.39 is 6.04 Å². The summed E-state index contributed by atoms with van der Waals surface area (Å²) in [4.78, 5) is 27.0. The van der Waals surface area contributed by atoms with Crippen molar-refractivity contribution in [3.05, 3.63) is 68.1 Å². The Bertz CT molecular complexity index is 849. The summed E-state index contributed by atoms with van der Waals surface area (Å²) in [7, 11) is 1.58. The topological polar surface area (TPSA) is 49.4 Å². The van der Waals surface area contributed by atoms with Gasteiger partial charge in [0.05, 0.1) is 15.8 Å². The van der Waals surface area contributed by atoms with E-state index in [4.69, 9.17) is 23.2 Å². The van der Waals surface area contributed by atoms with Gasteiger partial charge in [0, 0.05) is 23.8 Å². The fourth-order valence-electron chi connectivity index (χ4n) is 2.84. The summed E-state index contributed by atoms with van der Waals surface area (Å²) < 4.78 is 1.02. The highest BCUT2D eigenvalue weighted by molar-refractivity contribution is 9.10. The summed E-state index contributed by atoms with van der Waals surface area (Å²) in [6.07, 6.45) is 0.518. The molecular formula is C21H23BrCl2N2O2S. The Hall–Kier alpha value is -1.21. The molecule has 0 unspecified atom stereocenters. The third kappa shape index (κ3) is 7.21. The van der Waals surface area contributed by atoms with Crippen molar-refractivity contribution in [1.29, 1.82) is 0 Å². The maximum Gasteiger partial charge on any atom is 0.242 e. The predicted octanol–water partition coefficient (Wildman–Crippen LogP) is 5.54. The number of likely N-dealkylation sites (N-methyl/N-ethyl adjacent to an activating group) is 1. The van der Waals surface area contributed by atoms with Crippen LogP contribution in [0.4, 0.5) is 0 Å². The highest BCUT2D eigenvalue weighted by Gasteiger charge is 2.27. The molecule has 0 aliphatic rings. The van der Waals surface area contributed by atoms with E-state index in [1.807, 2.05) is 37.3 Å². The quantitative estimate of drug-likeness (QED) is 0.474. The van der Waals surface area contributed by atoms with Crippen molar-refractivity contribution in [2.45, 2.75) is 31.7 Å². The van der Waals surface area contributed by atoms with Crippen LogP contribution in [0.3, 0.4) is 0 Å². The summed E-state index contributed by atoms with van der Waals surface area (Å²) in [6.45, 7) is 2.19. The molecule has 8 heteroatoms. The average Bonchev–Trinajstić information content (AvgIpc) is 2.71. The van der Waals surface area contributed by atoms with Crippen LogP contribution in [0.15, 0.2) is 46.9 Å². The first-order chi connectivity index (χ1) is 13.8. The molecule has 0 bridgehead atoms. The number of carbonyl (C=O) groups is 2. The second kappa shape index (κ2) is 11.8. The maximum atomic E-state index is 13.0. The molecule has 2 aromatic rings. The van der Waals surface area contributed by atoms with Crippen molar-refractivity contribution in [3.8, 4) is 0 Å². The minimum atomic E-state index is -0.546. The van der Waals surface area contributed by atoms with Gasteiger partial charge in [0.15, 0.2) is 0 Å². The van der Waals surface area contributed by atoms with E-state index >= 15 is 0 Å². The summed E-state index contributed by atoms with van der Waals surface area (Å²) in [5.41, 5.74) is 1.97. The molecule has 29 heavy (non-hydrogen) atoms. The van der Waals surface area contributed by atoms with Gasteiger partial charge in [0.25, 0.3) is 0 Å². The van der Waals surface area contributed by atoms with Gasteiger partial charge in [-0.15, -0.1) is 11.8 Å². The summed E-state index contributed by atoms with van der Waals surface area (Å²) >= 11 is 17.1. The lowest BCUT2D eigenvalue weighted by molar-refractivity contribution is -0.139. The van der Waals surface area contributed by atoms with Gasteiger partial charge in [0.1, 0.15) is 6.04 Å². The molecule has 156 valence electrons. The largest absolute Gasteiger partial charge is 0.357 e. The minimum Gasteiger partial charge on any atom is -0.357 e. The molecule has 0 aliphatic heterocycles. The van der Waals surface area contributed by atoms with Crippen LogP contribution in [0.5, 0.6) is 0 Å². The molecule has 0 saturated heterocycles. The van der Waals surface area contributed by atoms with E-state index in [9.17, 15) is 9.59 Å². The molecule has 1 N–H and O–H groups in total. The van der Waals surface area contributed by atoms with E-state index in [1.165, 1.54) is 11.8 Å². The van der Waals surface area contributed by atoms with E-state index in [2.05, 4.69) is 21.2 Å².